The molecule has 0 aromatic rings. The zero-order valence-electron chi connectivity index (χ0n) is 9.35. The first-order valence-electron chi connectivity index (χ1n) is 5.35. The van der Waals surface area contributed by atoms with Crippen LogP contribution in [0.3, 0.4) is 0 Å². The molecule has 0 aliphatic heterocycles. The van der Waals surface area contributed by atoms with E-state index in [4.69, 9.17) is 0 Å². The summed E-state index contributed by atoms with van der Waals surface area (Å²) in [5.41, 5.74) is 0. The molecule has 0 heterocycles. The molecule has 1 N–H and O–H groups in total. The van der Waals surface area contributed by atoms with Gasteiger partial charge in [0.25, 0.3) is 0 Å². The minimum Gasteiger partial charge on any atom is -0.314 e. The van der Waals surface area contributed by atoms with Crippen molar-refractivity contribution in [1.82, 2.24) is 5.32 Å². The van der Waals surface area contributed by atoms with E-state index >= 15 is 0 Å². The number of nitrogens with one attached hydrogen (secondary N) is 1. The highest BCUT2D eigenvalue weighted by Gasteiger charge is 2.10. The van der Waals surface area contributed by atoms with E-state index in [1.807, 2.05) is 0 Å². The van der Waals surface area contributed by atoms with Crippen LogP contribution >= 0.6 is 0 Å². The Morgan fingerprint density at radius 3 is 1.92 bits per heavy atom. The molecular formula is C11H25N. The van der Waals surface area contributed by atoms with E-state index in [0.29, 0.717) is 6.04 Å². The molecule has 0 radical (unpaired) electrons. The predicted molar refractivity (Wildman–Crippen MR) is 56.4 cm³/mol. The van der Waals surface area contributed by atoms with Crippen molar-refractivity contribution in [2.45, 2.75) is 53.5 Å². The van der Waals surface area contributed by atoms with Gasteiger partial charge in [0.15, 0.2) is 0 Å². The molecule has 0 rings (SSSR count). The van der Waals surface area contributed by atoms with Gasteiger partial charge in [-0.2, -0.15) is 0 Å². The van der Waals surface area contributed by atoms with Crippen molar-refractivity contribution in [3.63, 3.8) is 0 Å². The number of rotatable bonds is 6. The normalized spacial score (nSPS) is 18.8. The average molecular weight is 171 g/mol. The van der Waals surface area contributed by atoms with Gasteiger partial charge in [0.1, 0.15) is 0 Å². The topological polar surface area (TPSA) is 12.0 Å². The molecule has 3 atom stereocenters. The van der Waals surface area contributed by atoms with Gasteiger partial charge in [-0.25, -0.2) is 0 Å². The van der Waals surface area contributed by atoms with Gasteiger partial charge >= 0.3 is 0 Å². The first-order valence-corrected chi connectivity index (χ1v) is 5.35. The zero-order chi connectivity index (χ0) is 9.56. The van der Waals surface area contributed by atoms with Gasteiger partial charge in [-0.1, -0.05) is 34.1 Å². The van der Waals surface area contributed by atoms with E-state index < -0.39 is 0 Å². The lowest BCUT2D eigenvalue weighted by atomic mass is 9.93. The minimum absolute atomic E-state index is 0.677. The van der Waals surface area contributed by atoms with Crippen molar-refractivity contribution in [1.29, 1.82) is 0 Å². The Hall–Kier alpha value is -0.0400. The monoisotopic (exact) mass is 171 g/mol. The van der Waals surface area contributed by atoms with E-state index in [0.717, 1.165) is 11.8 Å². The molecule has 0 fully saturated rings. The molecule has 0 aliphatic carbocycles. The van der Waals surface area contributed by atoms with E-state index in [1.54, 1.807) is 0 Å². The second-order valence-corrected chi connectivity index (χ2v) is 4.08. The minimum atomic E-state index is 0.677. The third-order valence-electron chi connectivity index (χ3n) is 3.02. The zero-order valence-corrected chi connectivity index (χ0v) is 9.35. The van der Waals surface area contributed by atoms with Crippen LogP contribution < -0.4 is 5.32 Å². The highest BCUT2D eigenvalue weighted by Crippen LogP contribution is 2.13. The van der Waals surface area contributed by atoms with Gasteiger partial charge in [-0.05, 0) is 31.7 Å². The predicted octanol–water partition coefficient (Wildman–Crippen LogP) is 3.06. The lowest BCUT2D eigenvalue weighted by molar-refractivity contribution is 0.342. The van der Waals surface area contributed by atoms with Crippen molar-refractivity contribution in [3.8, 4) is 0 Å². The largest absolute Gasteiger partial charge is 0.314 e. The summed E-state index contributed by atoms with van der Waals surface area (Å²) in [6, 6.07) is 0.677. The molecule has 1 heteroatoms. The molecule has 12 heavy (non-hydrogen) atoms. The SMILES string of the molecule is CCC(C)NCC(C)C(C)CC. The quantitative estimate of drug-likeness (QED) is 0.647. The van der Waals surface area contributed by atoms with Crippen LogP contribution in [0.15, 0.2) is 0 Å². The van der Waals surface area contributed by atoms with Crippen LogP contribution in [0.25, 0.3) is 0 Å². The fraction of sp³-hybridized carbons (Fsp3) is 1.00. The van der Waals surface area contributed by atoms with Crippen LogP contribution in [0.4, 0.5) is 0 Å². The summed E-state index contributed by atoms with van der Waals surface area (Å²) in [6.07, 6.45) is 2.52. The summed E-state index contributed by atoms with van der Waals surface area (Å²) in [4.78, 5) is 0. The van der Waals surface area contributed by atoms with Crippen LogP contribution in [0.5, 0.6) is 0 Å². The lowest BCUT2D eigenvalue weighted by Crippen LogP contribution is -2.31. The second kappa shape index (κ2) is 6.47. The Kier molecular flexibility index (Phi) is 6.45. The van der Waals surface area contributed by atoms with Crippen LogP contribution in [0, 0.1) is 11.8 Å². The van der Waals surface area contributed by atoms with Crippen molar-refractivity contribution in [3.05, 3.63) is 0 Å². The molecule has 0 saturated heterocycles. The Labute approximate surface area is 77.9 Å². The number of hydrogen-bond acceptors (Lipinski definition) is 1. The molecule has 0 aliphatic rings. The number of hydrogen-bond donors (Lipinski definition) is 1. The molecule has 0 saturated carbocycles. The molecule has 1 nitrogen and oxygen atoms in total. The first kappa shape index (κ1) is 12.0. The molecule has 0 aromatic heterocycles. The summed E-state index contributed by atoms with van der Waals surface area (Å²) in [5, 5.41) is 3.55. The maximum Gasteiger partial charge on any atom is 0.00362 e. The molecule has 74 valence electrons. The van der Waals surface area contributed by atoms with Crippen molar-refractivity contribution < 1.29 is 0 Å². The van der Waals surface area contributed by atoms with Crippen molar-refractivity contribution in [2.24, 2.45) is 11.8 Å². The Morgan fingerprint density at radius 2 is 1.50 bits per heavy atom. The third kappa shape index (κ3) is 4.76. The van der Waals surface area contributed by atoms with Crippen molar-refractivity contribution in [2.75, 3.05) is 6.54 Å². The van der Waals surface area contributed by atoms with Gasteiger partial charge < -0.3 is 5.32 Å². The van der Waals surface area contributed by atoms with Gasteiger partial charge in [-0.3, -0.25) is 0 Å². The molecular weight excluding hydrogens is 146 g/mol. The molecule has 0 bridgehead atoms. The van der Waals surface area contributed by atoms with Gasteiger partial charge in [-0.15, -0.1) is 0 Å². The standard InChI is InChI=1S/C11H25N/c1-6-9(3)10(4)8-12-11(5)7-2/h9-12H,6-8H2,1-5H3. The van der Waals surface area contributed by atoms with Crippen LogP contribution in [0.1, 0.15) is 47.5 Å². The average Bonchev–Trinajstić information content (AvgIpc) is 2.11. The summed E-state index contributed by atoms with van der Waals surface area (Å²) in [7, 11) is 0. The fourth-order valence-corrected chi connectivity index (χ4v) is 1.13. The van der Waals surface area contributed by atoms with E-state index in [2.05, 4.69) is 39.9 Å². The summed E-state index contributed by atoms with van der Waals surface area (Å²) >= 11 is 0. The van der Waals surface area contributed by atoms with E-state index in [-0.39, 0.29) is 0 Å². The van der Waals surface area contributed by atoms with Crippen LogP contribution in [-0.2, 0) is 0 Å². The van der Waals surface area contributed by atoms with Crippen molar-refractivity contribution >= 4 is 0 Å². The Balaban J connectivity index is 3.49. The Bertz CT molecular complexity index is 101. The summed E-state index contributed by atoms with van der Waals surface area (Å²) < 4.78 is 0. The molecule has 3 unspecified atom stereocenters. The summed E-state index contributed by atoms with van der Waals surface area (Å²) in [6.45, 7) is 12.6. The molecule has 0 aromatic carbocycles. The van der Waals surface area contributed by atoms with E-state index in [9.17, 15) is 0 Å². The maximum atomic E-state index is 3.55. The second-order valence-electron chi connectivity index (χ2n) is 4.08. The fourth-order valence-electron chi connectivity index (χ4n) is 1.13. The smallest absolute Gasteiger partial charge is 0.00362 e. The highest BCUT2D eigenvalue weighted by atomic mass is 14.9. The van der Waals surface area contributed by atoms with Gasteiger partial charge in [0.2, 0.25) is 0 Å². The third-order valence-corrected chi connectivity index (χ3v) is 3.02. The summed E-state index contributed by atoms with van der Waals surface area (Å²) in [5.74, 6) is 1.66. The van der Waals surface area contributed by atoms with Gasteiger partial charge in [0.05, 0.1) is 0 Å². The lowest BCUT2D eigenvalue weighted by Gasteiger charge is -2.21. The first-order chi connectivity index (χ1) is 5.61. The Morgan fingerprint density at radius 1 is 0.917 bits per heavy atom. The maximum absolute atomic E-state index is 3.55. The van der Waals surface area contributed by atoms with Crippen LogP contribution in [0.2, 0.25) is 0 Å². The highest BCUT2D eigenvalue weighted by molar-refractivity contribution is 4.66. The van der Waals surface area contributed by atoms with E-state index in [1.165, 1.54) is 19.4 Å². The van der Waals surface area contributed by atoms with Crippen LogP contribution in [-0.4, -0.2) is 12.6 Å². The molecule has 0 spiro atoms. The van der Waals surface area contributed by atoms with Gasteiger partial charge in [0, 0.05) is 6.04 Å². The molecule has 0 amide bonds.